The summed E-state index contributed by atoms with van der Waals surface area (Å²) in [5.74, 6) is 0.0170. The third-order valence-corrected chi connectivity index (χ3v) is 4.76. The zero-order valence-corrected chi connectivity index (χ0v) is 14.0. The summed E-state index contributed by atoms with van der Waals surface area (Å²) in [5, 5.41) is 12.8. The number of carbonyl (C=O) groups excluding carboxylic acids is 1. The van der Waals surface area contributed by atoms with Crippen molar-refractivity contribution in [3.63, 3.8) is 0 Å². The molecule has 0 spiro atoms. The van der Waals surface area contributed by atoms with Crippen molar-refractivity contribution in [1.82, 2.24) is 19.7 Å². The molecule has 128 valence electrons. The normalized spacial score (nSPS) is 20.9. The van der Waals surface area contributed by atoms with E-state index < -0.39 is 0 Å². The molecule has 1 saturated carbocycles. The Morgan fingerprint density at radius 1 is 1.32 bits per heavy atom. The molecule has 0 saturated heterocycles. The lowest BCUT2D eigenvalue weighted by Gasteiger charge is -2.37. The molecule has 25 heavy (non-hydrogen) atoms. The summed E-state index contributed by atoms with van der Waals surface area (Å²) in [4.78, 5) is 21.8. The summed E-state index contributed by atoms with van der Waals surface area (Å²) < 4.78 is 1.85. The van der Waals surface area contributed by atoms with E-state index in [9.17, 15) is 9.90 Å². The number of amides is 1. The molecule has 2 N–H and O–H groups in total. The van der Waals surface area contributed by atoms with Crippen LogP contribution in [0.15, 0.2) is 48.9 Å². The fourth-order valence-electron chi connectivity index (χ4n) is 3.43. The van der Waals surface area contributed by atoms with Gasteiger partial charge < -0.3 is 14.8 Å². The van der Waals surface area contributed by atoms with E-state index in [1.807, 2.05) is 48.0 Å². The van der Waals surface area contributed by atoms with Gasteiger partial charge in [0.15, 0.2) is 0 Å². The highest BCUT2D eigenvalue weighted by molar-refractivity contribution is 6.00. The van der Waals surface area contributed by atoms with Crippen molar-refractivity contribution in [2.24, 2.45) is 5.92 Å². The van der Waals surface area contributed by atoms with Crippen molar-refractivity contribution < 1.29 is 9.90 Å². The Morgan fingerprint density at radius 2 is 2.16 bits per heavy atom. The minimum absolute atomic E-state index is 0.173. The van der Waals surface area contributed by atoms with Crippen LogP contribution in [0.4, 0.5) is 0 Å². The number of aliphatic hydroxyl groups is 1. The van der Waals surface area contributed by atoms with E-state index in [1.54, 1.807) is 12.3 Å². The lowest BCUT2D eigenvalue weighted by molar-refractivity contribution is 0.0228. The van der Waals surface area contributed by atoms with E-state index in [4.69, 9.17) is 0 Å². The first-order chi connectivity index (χ1) is 12.1. The summed E-state index contributed by atoms with van der Waals surface area (Å²) in [7, 11) is 0. The maximum atomic E-state index is 12.9. The Kier molecular flexibility index (Phi) is 3.97. The summed E-state index contributed by atoms with van der Waals surface area (Å²) in [6.45, 7) is 1.90. The maximum absolute atomic E-state index is 12.9. The molecule has 3 aromatic heterocycles. The Hall–Kier alpha value is -2.73. The number of aryl methyl sites for hydroxylation is 1. The first kappa shape index (κ1) is 15.8. The zero-order chi connectivity index (χ0) is 17.4. The second-order valence-electron chi connectivity index (χ2n) is 6.63. The average Bonchev–Trinajstić information content (AvgIpc) is 2.98. The van der Waals surface area contributed by atoms with Gasteiger partial charge in [0, 0.05) is 18.6 Å². The summed E-state index contributed by atoms with van der Waals surface area (Å²) in [6, 6.07) is 9.08. The molecule has 0 aliphatic heterocycles. The molecular formula is C19H20N4O2. The van der Waals surface area contributed by atoms with Crippen molar-refractivity contribution in [3.05, 3.63) is 65.9 Å². The van der Waals surface area contributed by atoms with Gasteiger partial charge >= 0.3 is 0 Å². The van der Waals surface area contributed by atoms with Crippen LogP contribution in [0, 0.1) is 12.8 Å². The molecule has 0 aromatic carbocycles. The Bertz CT molecular complexity index is 900. The minimum Gasteiger partial charge on any atom is -0.393 e. The number of aliphatic hydroxyl groups excluding tert-OH is 1. The Balaban J connectivity index is 1.64. The van der Waals surface area contributed by atoms with Crippen LogP contribution in [0.5, 0.6) is 0 Å². The zero-order valence-electron chi connectivity index (χ0n) is 14.0. The smallest absolute Gasteiger partial charge is 0.255 e. The van der Waals surface area contributed by atoms with Crippen molar-refractivity contribution >= 4 is 11.6 Å². The quantitative estimate of drug-likeness (QED) is 0.766. The number of imidazole rings is 1. The standard InChI is InChI=1S/C19H20N4O2/c1-12-11-23-8-4-5-15(18(23)21-12)19(25)22-17(13-9-14(24)10-13)16-6-2-3-7-20-16/h2-8,11,13-14,17,24H,9-10H2,1H3,(H,22,25)/t13?,14?,17-/m1/s1. The van der Waals surface area contributed by atoms with Crippen LogP contribution >= 0.6 is 0 Å². The molecule has 1 amide bonds. The number of fused-ring (bicyclic) bond motifs is 1. The Labute approximate surface area is 145 Å². The van der Waals surface area contributed by atoms with E-state index in [0.29, 0.717) is 24.1 Å². The first-order valence-corrected chi connectivity index (χ1v) is 8.46. The van der Waals surface area contributed by atoms with Gasteiger partial charge in [0.2, 0.25) is 0 Å². The van der Waals surface area contributed by atoms with E-state index >= 15 is 0 Å². The number of rotatable bonds is 4. The molecule has 6 heteroatoms. The number of carbonyl (C=O) groups is 1. The number of nitrogens with one attached hydrogen (secondary N) is 1. The molecule has 1 atom stereocenters. The predicted octanol–water partition coefficient (Wildman–Crippen LogP) is 2.28. The molecule has 0 unspecified atom stereocenters. The molecule has 6 nitrogen and oxygen atoms in total. The van der Waals surface area contributed by atoms with Crippen molar-refractivity contribution in [3.8, 4) is 0 Å². The van der Waals surface area contributed by atoms with Crippen LogP contribution < -0.4 is 5.32 Å². The van der Waals surface area contributed by atoms with Gasteiger partial charge in [-0.3, -0.25) is 9.78 Å². The van der Waals surface area contributed by atoms with Gasteiger partial charge in [-0.1, -0.05) is 6.07 Å². The van der Waals surface area contributed by atoms with Crippen LogP contribution in [0.3, 0.4) is 0 Å². The Morgan fingerprint density at radius 3 is 2.88 bits per heavy atom. The van der Waals surface area contributed by atoms with Gasteiger partial charge in [-0.25, -0.2) is 4.98 Å². The lowest BCUT2D eigenvalue weighted by atomic mass is 9.76. The van der Waals surface area contributed by atoms with Gasteiger partial charge in [0.25, 0.3) is 5.91 Å². The number of pyridine rings is 2. The summed E-state index contributed by atoms with van der Waals surface area (Å²) >= 11 is 0. The summed E-state index contributed by atoms with van der Waals surface area (Å²) in [5.41, 5.74) is 2.87. The third-order valence-electron chi connectivity index (χ3n) is 4.76. The highest BCUT2D eigenvalue weighted by Crippen LogP contribution is 2.37. The van der Waals surface area contributed by atoms with Gasteiger partial charge in [-0.05, 0) is 49.9 Å². The molecule has 1 aliphatic carbocycles. The third kappa shape index (κ3) is 3.00. The van der Waals surface area contributed by atoms with Crippen molar-refractivity contribution in [2.75, 3.05) is 0 Å². The highest BCUT2D eigenvalue weighted by Gasteiger charge is 2.36. The van der Waals surface area contributed by atoms with Gasteiger partial charge in [0.05, 0.1) is 29.1 Å². The lowest BCUT2D eigenvalue weighted by Crippen LogP contribution is -2.41. The van der Waals surface area contributed by atoms with Crippen LogP contribution in [0.25, 0.3) is 5.65 Å². The van der Waals surface area contributed by atoms with Gasteiger partial charge in [0.1, 0.15) is 5.65 Å². The minimum atomic E-state index is -0.286. The topological polar surface area (TPSA) is 79.5 Å². The molecule has 1 aliphatic rings. The maximum Gasteiger partial charge on any atom is 0.255 e. The van der Waals surface area contributed by atoms with Crippen molar-refractivity contribution in [1.29, 1.82) is 0 Å². The second-order valence-corrected chi connectivity index (χ2v) is 6.63. The largest absolute Gasteiger partial charge is 0.393 e. The number of hydrogen-bond donors (Lipinski definition) is 2. The second kappa shape index (κ2) is 6.29. The molecular weight excluding hydrogens is 316 g/mol. The number of hydrogen-bond acceptors (Lipinski definition) is 4. The SMILES string of the molecule is Cc1cn2cccc(C(=O)N[C@@H](c3ccccn3)C3CC(O)C3)c2n1. The molecule has 4 rings (SSSR count). The van der Waals surface area contributed by atoms with E-state index in [2.05, 4.69) is 15.3 Å². The predicted molar refractivity (Wildman–Crippen MR) is 93.1 cm³/mol. The fraction of sp³-hybridized carbons (Fsp3) is 0.316. The molecule has 3 heterocycles. The van der Waals surface area contributed by atoms with E-state index in [1.165, 1.54) is 0 Å². The van der Waals surface area contributed by atoms with Crippen LogP contribution in [-0.4, -0.2) is 31.5 Å². The summed E-state index contributed by atoms with van der Waals surface area (Å²) in [6.07, 6.45) is 6.56. The molecule has 3 aromatic rings. The molecule has 0 bridgehead atoms. The van der Waals surface area contributed by atoms with E-state index in [-0.39, 0.29) is 24.0 Å². The van der Waals surface area contributed by atoms with Crippen molar-refractivity contribution in [2.45, 2.75) is 31.9 Å². The number of aromatic nitrogens is 3. The monoisotopic (exact) mass is 336 g/mol. The molecule has 0 radical (unpaired) electrons. The first-order valence-electron chi connectivity index (χ1n) is 8.46. The number of nitrogens with zero attached hydrogens (tertiary/aromatic N) is 3. The van der Waals surface area contributed by atoms with Crippen LogP contribution in [0.2, 0.25) is 0 Å². The van der Waals surface area contributed by atoms with Crippen LogP contribution in [0.1, 0.15) is 40.6 Å². The van der Waals surface area contributed by atoms with Crippen LogP contribution in [-0.2, 0) is 0 Å². The average molecular weight is 336 g/mol. The highest BCUT2D eigenvalue weighted by atomic mass is 16.3. The van der Waals surface area contributed by atoms with E-state index in [0.717, 1.165) is 11.4 Å². The molecule has 1 fully saturated rings. The van der Waals surface area contributed by atoms with Gasteiger partial charge in [-0.2, -0.15) is 0 Å². The fourth-order valence-corrected chi connectivity index (χ4v) is 3.43. The van der Waals surface area contributed by atoms with Gasteiger partial charge in [-0.15, -0.1) is 0 Å².